The van der Waals surface area contributed by atoms with Gasteiger partial charge >= 0.3 is 0 Å². The molecule has 98 valence electrons. The minimum atomic E-state index is -0.433. The Kier molecular flexibility index (Phi) is 3.86. The molecule has 0 saturated carbocycles. The van der Waals surface area contributed by atoms with Crippen LogP contribution in [0, 0.1) is 0 Å². The number of hydrogen-bond acceptors (Lipinski definition) is 4. The molecule has 0 radical (unpaired) electrons. The van der Waals surface area contributed by atoms with Crippen LogP contribution in [0.5, 0.6) is 0 Å². The number of anilines is 1. The summed E-state index contributed by atoms with van der Waals surface area (Å²) in [5.74, 6) is -0.173. The molecular weight excluding hydrogens is 262 g/mol. The molecule has 1 heterocycles. The summed E-state index contributed by atoms with van der Waals surface area (Å²) in [6.07, 6.45) is 2.89. The van der Waals surface area contributed by atoms with Crippen LogP contribution < -0.4 is 11.1 Å². The number of carbonyl (C=O) groups excluding carboxylic acids is 1. The van der Waals surface area contributed by atoms with Crippen LogP contribution in [-0.4, -0.2) is 25.7 Å². The number of nitrogens with two attached hydrogens (primary N) is 1. The molecule has 1 aromatic heterocycles. The Morgan fingerprint density at radius 1 is 1.42 bits per heavy atom. The second kappa shape index (κ2) is 5.57. The van der Waals surface area contributed by atoms with E-state index in [-0.39, 0.29) is 5.91 Å². The van der Waals surface area contributed by atoms with Crippen molar-refractivity contribution in [1.29, 1.82) is 0 Å². The van der Waals surface area contributed by atoms with Gasteiger partial charge in [-0.2, -0.15) is 5.10 Å². The lowest BCUT2D eigenvalue weighted by Gasteiger charge is -2.12. The summed E-state index contributed by atoms with van der Waals surface area (Å²) in [6.45, 7) is 1.74. The largest absolute Gasteiger partial charge is 0.389 e. The van der Waals surface area contributed by atoms with Gasteiger partial charge in [0.1, 0.15) is 23.7 Å². The Morgan fingerprint density at radius 3 is 2.63 bits per heavy atom. The molecular formula is C12H13N5OS. The predicted octanol–water partition coefficient (Wildman–Crippen LogP) is 1.11. The maximum absolute atomic E-state index is 12.0. The van der Waals surface area contributed by atoms with E-state index in [0.29, 0.717) is 10.7 Å². The van der Waals surface area contributed by atoms with Gasteiger partial charge in [-0.05, 0) is 31.2 Å². The lowest BCUT2D eigenvalue weighted by atomic mass is 10.2. The standard InChI is InChI=1S/C12H13N5OS/c1-8(17-7-14-6-15-17)12(18)16-10-4-2-9(3-5-10)11(13)19/h2-8H,1H3,(H2,13,19)(H,16,18). The summed E-state index contributed by atoms with van der Waals surface area (Å²) in [5, 5.41) is 6.71. The van der Waals surface area contributed by atoms with E-state index in [1.54, 1.807) is 31.2 Å². The molecule has 0 aliphatic carbocycles. The zero-order valence-electron chi connectivity index (χ0n) is 10.3. The van der Waals surface area contributed by atoms with E-state index in [0.717, 1.165) is 5.56 Å². The minimum absolute atomic E-state index is 0.173. The average molecular weight is 275 g/mol. The first kappa shape index (κ1) is 13.2. The second-order valence-electron chi connectivity index (χ2n) is 3.98. The van der Waals surface area contributed by atoms with Gasteiger partial charge in [0.2, 0.25) is 5.91 Å². The van der Waals surface area contributed by atoms with E-state index in [2.05, 4.69) is 15.4 Å². The molecule has 3 N–H and O–H groups in total. The first-order valence-corrected chi connectivity index (χ1v) is 6.03. The molecule has 0 bridgehead atoms. The normalized spacial score (nSPS) is 11.8. The van der Waals surface area contributed by atoms with Gasteiger partial charge in [-0.3, -0.25) is 4.79 Å². The van der Waals surface area contributed by atoms with Crippen molar-refractivity contribution in [2.45, 2.75) is 13.0 Å². The van der Waals surface area contributed by atoms with Crippen molar-refractivity contribution in [2.24, 2.45) is 5.73 Å². The maximum Gasteiger partial charge on any atom is 0.249 e. The third kappa shape index (κ3) is 3.14. The van der Waals surface area contributed by atoms with Crippen molar-refractivity contribution in [3.8, 4) is 0 Å². The molecule has 19 heavy (non-hydrogen) atoms. The third-order valence-electron chi connectivity index (χ3n) is 2.65. The van der Waals surface area contributed by atoms with E-state index < -0.39 is 6.04 Å². The minimum Gasteiger partial charge on any atom is -0.389 e. The number of nitrogens with one attached hydrogen (secondary N) is 1. The van der Waals surface area contributed by atoms with Crippen LogP contribution >= 0.6 is 12.2 Å². The summed E-state index contributed by atoms with van der Waals surface area (Å²) in [7, 11) is 0. The van der Waals surface area contributed by atoms with E-state index in [4.69, 9.17) is 18.0 Å². The lowest BCUT2D eigenvalue weighted by Crippen LogP contribution is -2.24. The van der Waals surface area contributed by atoms with E-state index in [1.807, 2.05) is 0 Å². The monoisotopic (exact) mass is 275 g/mol. The first-order valence-electron chi connectivity index (χ1n) is 5.63. The number of rotatable bonds is 4. The maximum atomic E-state index is 12.0. The Balaban J connectivity index is 2.04. The van der Waals surface area contributed by atoms with Crippen molar-refractivity contribution in [1.82, 2.24) is 14.8 Å². The van der Waals surface area contributed by atoms with Crippen LogP contribution in [-0.2, 0) is 4.79 Å². The van der Waals surface area contributed by atoms with Crippen LogP contribution in [0.3, 0.4) is 0 Å². The molecule has 0 aliphatic heterocycles. The molecule has 2 aromatic rings. The first-order chi connectivity index (χ1) is 9.08. The molecule has 0 spiro atoms. The Bertz CT molecular complexity index is 579. The summed E-state index contributed by atoms with van der Waals surface area (Å²) >= 11 is 4.86. The van der Waals surface area contributed by atoms with Crippen LogP contribution in [0.1, 0.15) is 18.5 Å². The number of benzene rings is 1. The van der Waals surface area contributed by atoms with Gasteiger partial charge in [0.25, 0.3) is 0 Å². The van der Waals surface area contributed by atoms with Crippen molar-refractivity contribution >= 4 is 28.8 Å². The number of amides is 1. The van der Waals surface area contributed by atoms with Crippen molar-refractivity contribution in [2.75, 3.05) is 5.32 Å². The van der Waals surface area contributed by atoms with Gasteiger partial charge in [0, 0.05) is 11.3 Å². The number of aromatic nitrogens is 3. The average Bonchev–Trinajstić information content (AvgIpc) is 2.92. The zero-order chi connectivity index (χ0) is 13.8. The fourth-order valence-corrected chi connectivity index (χ4v) is 1.64. The number of nitrogens with zero attached hydrogens (tertiary/aromatic N) is 3. The molecule has 0 aliphatic rings. The van der Waals surface area contributed by atoms with E-state index in [1.165, 1.54) is 17.3 Å². The molecule has 1 unspecified atom stereocenters. The highest BCUT2D eigenvalue weighted by molar-refractivity contribution is 7.80. The molecule has 2 rings (SSSR count). The van der Waals surface area contributed by atoms with Gasteiger partial charge in [0.15, 0.2) is 0 Å². The van der Waals surface area contributed by atoms with Crippen LogP contribution in [0.15, 0.2) is 36.9 Å². The van der Waals surface area contributed by atoms with Gasteiger partial charge < -0.3 is 11.1 Å². The fourth-order valence-electron chi connectivity index (χ4n) is 1.50. The van der Waals surface area contributed by atoms with E-state index >= 15 is 0 Å². The van der Waals surface area contributed by atoms with Gasteiger partial charge in [-0.25, -0.2) is 9.67 Å². The predicted molar refractivity (Wildman–Crippen MR) is 75.7 cm³/mol. The molecule has 1 atom stereocenters. The zero-order valence-corrected chi connectivity index (χ0v) is 11.1. The number of carbonyl (C=O) groups is 1. The Hall–Kier alpha value is -2.28. The summed E-state index contributed by atoms with van der Waals surface area (Å²) < 4.78 is 1.48. The van der Waals surface area contributed by atoms with Gasteiger partial charge in [0.05, 0.1) is 0 Å². The quantitative estimate of drug-likeness (QED) is 0.816. The van der Waals surface area contributed by atoms with E-state index in [9.17, 15) is 4.79 Å². The van der Waals surface area contributed by atoms with Crippen molar-refractivity contribution in [3.63, 3.8) is 0 Å². The van der Waals surface area contributed by atoms with Crippen molar-refractivity contribution in [3.05, 3.63) is 42.5 Å². The Morgan fingerprint density at radius 2 is 2.11 bits per heavy atom. The molecule has 1 aromatic carbocycles. The summed E-state index contributed by atoms with van der Waals surface area (Å²) in [6, 6.07) is 6.59. The molecule has 1 amide bonds. The number of hydrogen-bond donors (Lipinski definition) is 2. The van der Waals surface area contributed by atoms with Gasteiger partial charge in [-0.15, -0.1) is 0 Å². The third-order valence-corrected chi connectivity index (χ3v) is 2.89. The fraction of sp³-hybridized carbons (Fsp3) is 0.167. The summed E-state index contributed by atoms with van der Waals surface area (Å²) in [4.78, 5) is 16.1. The highest BCUT2D eigenvalue weighted by Crippen LogP contribution is 2.12. The molecule has 6 nitrogen and oxygen atoms in total. The lowest BCUT2D eigenvalue weighted by molar-refractivity contribution is -0.119. The smallest absolute Gasteiger partial charge is 0.249 e. The highest BCUT2D eigenvalue weighted by atomic mass is 32.1. The topological polar surface area (TPSA) is 85.8 Å². The van der Waals surface area contributed by atoms with Crippen LogP contribution in [0.25, 0.3) is 0 Å². The molecule has 7 heteroatoms. The number of thiocarbonyl (C=S) groups is 1. The SMILES string of the molecule is CC(C(=O)Nc1ccc(C(N)=S)cc1)n1cncn1. The van der Waals surface area contributed by atoms with Crippen LogP contribution in [0.4, 0.5) is 5.69 Å². The Labute approximate surface area is 115 Å². The van der Waals surface area contributed by atoms with Crippen molar-refractivity contribution < 1.29 is 4.79 Å². The second-order valence-corrected chi connectivity index (χ2v) is 4.42. The summed E-state index contributed by atoms with van der Waals surface area (Å²) in [5.41, 5.74) is 6.94. The molecule has 0 fully saturated rings. The van der Waals surface area contributed by atoms with Crippen LogP contribution in [0.2, 0.25) is 0 Å². The molecule has 0 saturated heterocycles. The highest BCUT2D eigenvalue weighted by Gasteiger charge is 2.15. The van der Waals surface area contributed by atoms with Gasteiger partial charge in [-0.1, -0.05) is 12.2 Å².